The van der Waals surface area contributed by atoms with Crippen LogP contribution in [0.15, 0.2) is 30.3 Å². The quantitative estimate of drug-likeness (QED) is 0.513. The lowest BCUT2D eigenvalue weighted by Crippen LogP contribution is -2.64. The molecule has 1 aliphatic carbocycles. The van der Waals surface area contributed by atoms with E-state index in [1.54, 1.807) is 28.8 Å². The predicted octanol–water partition coefficient (Wildman–Crippen LogP) is 3.28. The first-order valence-corrected chi connectivity index (χ1v) is 15.1. The number of nitrogens with zero attached hydrogens (tertiary/aromatic N) is 3. The minimum absolute atomic E-state index is 0.0222. The summed E-state index contributed by atoms with van der Waals surface area (Å²) in [4.78, 5) is 45.2. The molecule has 2 N–H and O–H groups in total. The Morgan fingerprint density at radius 3 is 2.38 bits per heavy atom. The Bertz CT molecular complexity index is 1040. The lowest BCUT2D eigenvalue weighted by atomic mass is 9.68. The van der Waals surface area contributed by atoms with Crippen molar-refractivity contribution in [3.63, 3.8) is 0 Å². The Morgan fingerprint density at radius 1 is 1.10 bits per heavy atom. The molecule has 0 spiro atoms. The van der Waals surface area contributed by atoms with E-state index < -0.39 is 22.9 Å². The van der Waals surface area contributed by atoms with Gasteiger partial charge in [-0.25, -0.2) is 0 Å². The van der Waals surface area contributed by atoms with Crippen molar-refractivity contribution in [2.75, 3.05) is 46.9 Å². The van der Waals surface area contributed by atoms with Crippen LogP contribution in [0.5, 0.6) is 0 Å². The van der Waals surface area contributed by atoms with Crippen molar-refractivity contribution in [3.05, 3.63) is 35.9 Å². The van der Waals surface area contributed by atoms with Gasteiger partial charge in [0.15, 0.2) is 0 Å². The molecule has 1 saturated carbocycles. The van der Waals surface area contributed by atoms with Crippen LogP contribution in [0.1, 0.15) is 76.7 Å². The fourth-order valence-corrected chi connectivity index (χ4v) is 7.21. The van der Waals surface area contributed by atoms with E-state index in [9.17, 15) is 24.6 Å². The van der Waals surface area contributed by atoms with Crippen LogP contribution in [0.3, 0.4) is 0 Å². The summed E-state index contributed by atoms with van der Waals surface area (Å²) in [5, 5.41) is 22.0. The zero-order valence-corrected chi connectivity index (χ0v) is 24.8. The molecule has 8 nitrogen and oxygen atoms in total. The van der Waals surface area contributed by atoms with Crippen molar-refractivity contribution in [3.8, 4) is 0 Å². The van der Waals surface area contributed by atoms with Gasteiger partial charge in [0.2, 0.25) is 17.7 Å². The average Bonchev–Trinajstić information content (AvgIpc) is 2.94. The molecule has 3 aliphatic rings. The maximum atomic E-state index is 13.5. The zero-order chi connectivity index (χ0) is 29.1. The van der Waals surface area contributed by atoms with Gasteiger partial charge in [-0.05, 0) is 24.3 Å². The van der Waals surface area contributed by atoms with Gasteiger partial charge in [0.25, 0.3) is 0 Å². The van der Waals surface area contributed by atoms with Crippen LogP contribution in [0.4, 0.5) is 0 Å². The largest absolute Gasteiger partial charge is 0.396 e. The molecular weight excluding hydrogens is 506 g/mol. The molecule has 4 atom stereocenters. The van der Waals surface area contributed by atoms with Crippen molar-refractivity contribution in [2.24, 2.45) is 23.2 Å². The Kier molecular flexibility index (Phi) is 9.61. The van der Waals surface area contributed by atoms with Crippen molar-refractivity contribution in [2.45, 2.75) is 76.7 Å². The maximum absolute atomic E-state index is 13.5. The number of piperidine rings is 2. The van der Waals surface area contributed by atoms with E-state index in [2.05, 4.69) is 0 Å². The number of β-amino-alcohol motifs (C(OH)–C–C–N with tert-alkyl or cyclic N) is 1. The Balaban J connectivity index is 1.45. The van der Waals surface area contributed by atoms with Crippen LogP contribution in [0, 0.1) is 23.2 Å². The van der Waals surface area contributed by atoms with E-state index >= 15 is 0 Å². The zero-order valence-electron chi connectivity index (χ0n) is 24.8. The van der Waals surface area contributed by atoms with Crippen molar-refractivity contribution in [1.82, 2.24) is 14.7 Å². The molecule has 2 heterocycles. The summed E-state index contributed by atoms with van der Waals surface area (Å²) < 4.78 is 0. The van der Waals surface area contributed by atoms with E-state index in [1.165, 1.54) is 19.3 Å². The topological polar surface area (TPSA) is 101 Å². The van der Waals surface area contributed by atoms with E-state index in [1.807, 2.05) is 44.2 Å². The molecule has 4 rings (SSSR count). The minimum Gasteiger partial charge on any atom is -0.396 e. The second-order valence-corrected chi connectivity index (χ2v) is 13.4. The molecule has 3 unspecified atom stereocenters. The molecule has 3 amide bonds. The maximum Gasteiger partial charge on any atom is 0.228 e. The summed E-state index contributed by atoms with van der Waals surface area (Å²) in [6.07, 6.45) is 7.18. The van der Waals surface area contributed by atoms with Crippen LogP contribution in [0.2, 0.25) is 0 Å². The third kappa shape index (κ3) is 6.54. The molecule has 40 heavy (non-hydrogen) atoms. The molecule has 0 aromatic heterocycles. The second-order valence-electron chi connectivity index (χ2n) is 13.4. The molecule has 1 aromatic rings. The highest BCUT2D eigenvalue weighted by atomic mass is 16.3. The molecule has 8 heteroatoms. The summed E-state index contributed by atoms with van der Waals surface area (Å²) in [7, 11) is 3.48. The molecule has 2 saturated heterocycles. The van der Waals surface area contributed by atoms with Crippen molar-refractivity contribution >= 4 is 17.7 Å². The third-order valence-electron chi connectivity index (χ3n) is 9.95. The number of aliphatic hydroxyl groups is 2. The molecule has 2 aliphatic heterocycles. The van der Waals surface area contributed by atoms with Crippen LogP contribution < -0.4 is 0 Å². The van der Waals surface area contributed by atoms with E-state index in [-0.39, 0.29) is 49.8 Å². The molecule has 1 aromatic carbocycles. The smallest absolute Gasteiger partial charge is 0.228 e. The number of carbonyl (C=O) groups is 3. The first kappa shape index (κ1) is 30.5. The molecule has 3 fully saturated rings. The Hall–Kier alpha value is -2.45. The lowest BCUT2D eigenvalue weighted by Gasteiger charge is -2.53. The number of benzene rings is 1. The Morgan fingerprint density at radius 2 is 1.77 bits per heavy atom. The Labute approximate surface area is 239 Å². The van der Waals surface area contributed by atoms with E-state index in [4.69, 9.17) is 0 Å². The summed E-state index contributed by atoms with van der Waals surface area (Å²) in [6.45, 7) is 4.88. The monoisotopic (exact) mass is 555 g/mol. The number of likely N-dealkylation sites (tertiary alicyclic amines) is 2. The first-order valence-electron chi connectivity index (χ1n) is 15.1. The van der Waals surface area contributed by atoms with Gasteiger partial charge in [-0.15, -0.1) is 0 Å². The normalized spacial score (nSPS) is 28.3. The number of rotatable bonds is 8. The van der Waals surface area contributed by atoms with E-state index in [0.29, 0.717) is 25.4 Å². The average molecular weight is 556 g/mol. The second kappa shape index (κ2) is 12.6. The van der Waals surface area contributed by atoms with Gasteiger partial charge in [-0.2, -0.15) is 0 Å². The lowest BCUT2D eigenvalue weighted by molar-refractivity contribution is -0.168. The number of hydrogen-bond donors (Lipinski definition) is 2. The molecule has 222 valence electrons. The standard InChI is InChI=1S/C32H49N3O5/c1-31(2)21-34(29(38)25(20-36)17-23-11-7-5-8-12-23)16-15-32(31,40)22-35-19-27(30(39)33(3)4)26(18-28(35)37)24-13-9-6-10-14-24/h6,9-10,13-14,23,25-27,36,40H,5,7-8,11-12,15-22H2,1-4H3/t25?,26?,27?,32-/m1/s1. The van der Waals surface area contributed by atoms with Gasteiger partial charge in [-0.1, -0.05) is 76.3 Å². The number of carbonyl (C=O) groups excluding carboxylic acids is 3. The highest BCUT2D eigenvalue weighted by Crippen LogP contribution is 2.42. The van der Waals surface area contributed by atoms with Gasteiger partial charge in [0.1, 0.15) is 0 Å². The number of hydrogen-bond acceptors (Lipinski definition) is 5. The van der Waals surface area contributed by atoms with Crippen LogP contribution >= 0.6 is 0 Å². The van der Waals surface area contributed by atoms with Crippen LogP contribution in [-0.4, -0.2) is 95.1 Å². The summed E-state index contributed by atoms with van der Waals surface area (Å²) in [6, 6.07) is 9.73. The highest BCUT2D eigenvalue weighted by Gasteiger charge is 2.52. The summed E-state index contributed by atoms with van der Waals surface area (Å²) in [5.41, 5.74) is -0.903. The van der Waals surface area contributed by atoms with Crippen molar-refractivity contribution in [1.29, 1.82) is 0 Å². The van der Waals surface area contributed by atoms with Crippen LogP contribution in [0.25, 0.3) is 0 Å². The number of aliphatic hydroxyl groups excluding tert-OH is 1. The summed E-state index contributed by atoms with van der Waals surface area (Å²) in [5.74, 6) is -0.623. The van der Waals surface area contributed by atoms with Gasteiger partial charge < -0.3 is 24.9 Å². The fraction of sp³-hybridized carbons (Fsp3) is 0.719. The molecular formula is C32H49N3O5. The van der Waals surface area contributed by atoms with Crippen LogP contribution in [-0.2, 0) is 14.4 Å². The molecule has 0 radical (unpaired) electrons. The first-order chi connectivity index (χ1) is 19.0. The minimum atomic E-state index is -1.21. The van der Waals surface area contributed by atoms with Crippen molar-refractivity contribution < 1.29 is 24.6 Å². The predicted molar refractivity (Wildman–Crippen MR) is 154 cm³/mol. The van der Waals surface area contributed by atoms with Gasteiger partial charge in [0, 0.05) is 51.5 Å². The number of amides is 3. The highest BCUT2D eigenvalue weighted by molar-refractivity contribution is 5.85. The van der Waals surface area contributed by atoms with Gasteiger partial charge >= 0.3 is 0 Å². The molecule has 0 bridgehead atoms. The third-order valence-corrected chi connectivity index (χ3v) is 9.95. The van der Waals surface area contributed by atoms with Gasteiger partial charge in [0.05, 0.1) is 30.6 Å². The summed E-state index contributed by atoms with van der Waals surface area (Å²) >= 11 is 0. The van der Waals surface area contributed by atoms with E-state index in [0.717, 1.165) is 24.8 Å². The van der Waals surface area contributed by atoms with Gasteiger partial charge in [-0.3, -0.25) is 14.4 Å². The SMILES string of the molecule is CN(C)C(=O)C1CN(C[C@]2(O)CCN(C(=O)C(CO)CC3CCCCC3)CC2(C)C)C(=O)CC1c1ccccc1. The fourth-order valence-electron chi connectivity index (χ4n) is 7.21.